The molecule has 0 fully saturated rings. The second kappa shape index (κ2) is 6.12. The quantitative estimate of drug-likeness (QED) is 0.452. The molecule has 0 aromatic rings. The first kappa shape index (κ1) is 10.4. The molecule has 2 N–H and O–H groups in total. The predicted molar refractivity (Wildman–Crippen MR) is 41.1 cm³/mol. The van der Waals surface area contributed by atoms with E-state index in [0.717, 1.165) is 0 Å². The molecular weight excluding hydrogens is 146 g/mol. The van der Waals surface area contributed by atoms with Crippen LogP contribution in [0.5, 0.6) is 0 Å². The van der Waals surface area contributed by atoms with Gasteiger partial charge < -0.3 is 15.2 Å². The number of carbonyl (C=O) groups is 1. The minimum absolute atomic E-state index is 0.281. The van der Waals surface area contributed by atoms with Crippen LogP contribution in [0.25, 0.3) is 0 Å². The van der Waals surface area contributed by atoms with Crippen LogP contribution in [-0.2, 0) is 14.3 Å². The molecule has 0 heterocycles. The Bertz CT molecular complexity index is 116. The molecule has 0 aromatic carbocycles. The Morgan fingerprint density at radius 3 is 2.64 bits per heavy atom. The molecule has 66 valence electrons. The highest BCUT2D eigenvalue weighted by Gasteiger charge is 2.11. The van der Waals surface area contributed by atoms with E-state index >= 15 is 0 Å². The summed E-state index contributed by atoms with van der Waals surface area (Å²) in [7, 11) is 1.55. The van der Waals surface area contributed by atoms with Gasteiger partial charge in [0.25, 0.3) is 0 Å². The van der Waals surface area contributed by atoms with Crippen LogP contribution in [0.2, 0.25) is 0 Å². The van der Waals surface area contributed by atoms with Gasteiger partial charge in [0.2, 0.25) is 0 Å². The first-order chi connectivity index (χ1) is 5.22. The van der Waals surface area contributed by atoms with Crippen molar-refractivity contribution in [1.82, 2.24) is 0 Å². The van der Waals surface area contributed by atoms with Gasteiger partial charge in [-0.3, -0.25) is 4.79 Å². The number of methoxy groups -OCH3 is 1. The van der Waals surface area contributed by atoms with Gasteiger partial charge in [-0.2, -0.15) is 0 Å². The maximum Gasteiger partial charge on any atom is 0.322 e. The molecule has 0 radical (unpaired) electrons. The van der Waals surface area contributed by atoms with E-state index < -0.39 is 6.04 Å². The minimum Gasteiger partial charge on any atom is -0.462 e. The maximum absolute atomic E-state index is 10.8. The second-order valence-electron chi connectivity index (χ2n) is 2.18. The van der Waals surface area contributed by atoms with Crippen LogP contribution in [0.1, 0.15) is 13.3 Å². The van der Waals surface area contributed by atoms with Gasteiger partial charge in [0.15, 0.2) is 0 Å². The predicted octanol–water partition coefficient (Wildman–Crippen LogP) is -0.0867. The fourth-order valence-corrected chi connectivity index (χ4v) is 0.499. The second-order valence-corrected chi connectivity index (χ2v) is 2.18. The van der Waals surface area contributed by atoms with E-state index in [1.165, 1.54) is 0 Å². The zero-order chi connectivity index (χ0) is 8.69. The van der Waals surface area contributed by atoms with Crippen molar-refractivity contribution in [2.75, 3.05) is 20.3 Å². The first-order valence-corrected chi connectivity index (χ1v) is 3.63. The van der Waals surface area contributed by atoms with Gasteiger partial charge in [-0.1, -0.05) is 6.92 Å². The third-order valence-electron chi connectivity index (χ3n) is 1.27. The molecule has 0 saturated heterocycles. The summed E-state index contributed by atoms with van der Waals surface area (Å²) in [6.07, 6.45) is 0.603. The zero-order valence-corrected chi connectivity index (χ0v) is 7.00. The molecule has 4 heteroatoms. The van der Waals surface area contributed by atoms with Gasteiger partial charge >= 0.3 is 5.97 Å². The number of rotatable bonds is 5. The van der Waals surface area contributed by atoms with E-state index in [4.69, 9.17) is 10.5 Å². The summed E-state index contributed by atoms with van der Waals surface area (Å²) in [6, 6.07) is -0.494. The topological polar surface area (TPSA) is 61.6 Å². The first-order valence-electron chi connectivity index (χ1n) is 3.63. The monoisotopic (exact) mass is 161 g/mol. The molecule has 0 amide bonds. The minimum atomic E-state index is -0.494. The van der Waals surface area contributed by atoms with Crippen LogP contribution in [0.15, 0.2) is 0 Å². The average molecular weight is 161 g/mol. The van der Waals surface area contributed by atoms with Crippen molar-refractivity contribution in [1.29, 1.82) is 0 Å². The molecule has 0 spiro atoms. The molecule has 0 bridgehead atoms. The van der Waals surface area contributed by atoms with Gasteiger partial charge in [-0.15, -0.1) is 0 Å². The van der Waals surface area contributed by atoms with Crippen LogP contribution in [0, 0.1) is 0 Å². The van der Waals surface area contributed by atoms with Crippen LogP contribution >= 0.6 is 0 Å². The van der Waals surface area contributed by atoms with Gasteiger partial charge in [0.05, 0.1) is 6.61 Å². The molecular formula is C7H15NO3. The summed E-state index contributed by atoms with van der Waals surface area (Å²) in [5.74, 6) is -0.357. The fourth-order valence-electron chi connectivity index (χ4n) is 0.499. The van der Waals surface area contributed by atoms with Crippen molar-refractivity contribution in [3.05, 3.63) is 0 Å². The van der Waals surface area contributed by atoms with Gasteiger partial charge in [-0.05, 0) is 6.42 Å². The van der Waals surface area contributed by atoms with E-state index in [-0.39, 0.29) is 12.6 Å². The molecule has 0 unspecified atom stereocenters. The number of nitrogens with two attached hydrogens (primary N) is 1. The van der Waals surface area contributed by atoms with Crippen LogP contribution in [-0.4, -0.2) is 32.3 Å². The highest BCUT2D eigenvalue weighted by molar-refractivity contribution is 5.75. The third-order valence-corrected chi connectivity index (χ3v) is 1.27. The lowest BCUT2D eigenvalue weighted by Gasteiger charge is -2.07. The van der Waals surface area contributed by atoms with Crippen molar-refractivity contribution in [3.63, 3.8) is 0 Å². The standard InChI is InChI=1S/C7H15NO3/c1-3-6(8)7(9)11-5-4-10-2/h6H,3-5,8H2,1-2H3/t6-/m0/s1. The number of hydrogen-bond donors (Lipinski definition) is 1. The van der Waals surface area contributed by atoms with Crippen molar-refractivity contribution in [2.24, 2.45) is 5.73 Å². The zero-order valence-electron chi connectivity index (χ0n) is 7.00. The molecule has 1 atom stereocenters. The SMILES string of the molecule is CC[C@H](N)C(=O)OCCOC. The molecule has 0 saturated carbocycles. The number of ether oxygens (including phenoxy) is 2. The van der Waals surface area contributed by atoms with Crippen molar-refractivity contribution >= 4 is 5.97 Å². The lowest BCUT2D eigenvalue weighted by Crippen LogP contribution is -2.32. The van der Waals surface area contributed by atoms with Crippen molar-refractivity contribution in [3.8, 4) is 0 Å². The molecule has 4 nitrogen and oxygen atoms in total. The Balaban J connectivity index is 3.36. The molecule has 0 rings (SSSR count). The summed E-state index contributed by atoms with van der Waals surface area (Å²) < 4.78 is 9.43. The van der Waals surface area contributed by atoms with Crippen LogP contribution in [0.3, 0.4) is 0 Å². The Hall–Kier alpha value is -0.610. The molecule has 0 aliphatic carbocycles. The van der Waals surface area contributed by atoms with E-state index in [9.17, 15) is 4.79 Å². The number of esters is 1. The Morgan fingerprint density at radius 2 is 2.18 bits per heavy atom. The third kappa shape index (κ3) is 4.75. The smallest absolute Gasteiger partial charge is 0.322 e. The van der Waals surface area contributed by atoms with Crippen molar-refractivity contribution < 1.29 is 14.3 Å². The van der Waals surface area contributed by atoms with E-state index in [2.05, 4.69) is 4.74 Å². The maximum atomic E-state index is 10.8. The highest BCUT2D eigenvalue weighted by Crippen LogP contribution is 1.89. The molecule has 0 aliphatic rings. The fraction of sp³-hybridized carbons (Fsp3) is 0.857. The molecule has 11 heavy (non-hydrogen) atoms. The Kier molecular flexibility index (Phi) is 5.78. The Morgan fingerprint density at radius 1 is 1.55 bits per heavy atom. The van der Waals surface area contributed by atoms with Crippen LogP contribution in [0.4, 0.5) is 0 Å². The molecule has 0 aliphatic heterocycles. The van der Waals surface area contributed by atoms with E-state index in [1.807, 2.05) is 6.92 Å². The van der Waals surface area contributed by atoms with Crippen LogP contribution < -0.4 is 5.73 Å². The summed E-state index contributed by atoms with van der Waals surface area (Å²) in [5, 5.41) is 0. The molecule has 0 aromatic heterocycles. The van der Waals surface area contributed by atoms with Gasteiger partial charge in [-0.25, -0.2) is 0 Å². The summed E-state index contributed by atoms with van der Waals surface area (Å²) in [5.41, 5.74) is 5.38. The Labute approximate surface area is 66.7 Å². The van der Waals surface area contributed by atoms with Gasteiger partial charge in [0, 0.05) is 7.11 Å². The largest absolute Gasteiger partial charge is 0.462 e. The number of hydrogen-bond acceptors (Lipinski definition) is 4. The lowest BCUT2D eigenvalue weighted by molar-refractivity contribution is -0.146. The summed E-state index contributed by atoms with van der Waals surface area (Å²) in [6.45, 7) is 2.54. The van der Waals surface area contributed by atoms with E-state index in [1.54, 1.807) is 7.11 Å². The average Bonchev–Trinajstić information content (AvgIpc) is 2.03. The normalized spacial score (nSPS) is 12.6. The van der Waals surface area contributed by atoms with Crippen molar-refractivity contribution in [2.45, 2.75) is 19.4 Å². The summed E-state index contributed by atoms with van der Waals surface area (Å²) >= 11 is 0. The lowest BCUT2D eigenvalue weighted by atomic mass is 10.2. The van der Waals surface area contributed by atoms with Gasteiger partial charge in [0.1, 0.15) is 12.6 Å². The highest BCUT2D eigenvalue weighted by atomic mass is 16.6. The van der Waals surface area contributed by atoms with E-state index in [0.29, 0.717) is 13.0 Å². The summed E-state index contributed by atoms with van der Waals surface area (Å²) in [4.78, 5) is 10.8. The number of carbonyl (C=O) groups excluding carboxylic acids is 1.